The molecule has 0 fully saturated rings. The van der Waals surface area contributed by atoms with E-state index in [1.54, 1.807) is 18.0 Å². The van der Waals surface area contributed by atoms with Crippen LogP contribution in [-0.4, -0.2) is 29.3 Å². The number of benzene rings is 1. The fourth-order valence-corrected chi connectivity index (χ4v) is 2.48. The summed E-state index contributed by atoms with van der Waals surface area (Å²) >= 11 is 3.39. The Morgan fingerprint density at radius 1 is 1.35 bits per heavy atom. The van der Waals surface area contributed by atoms with E-state index in [1.807, 2.05) is 31.2 Å². The lowest BCUT2D eigenvalue weighted by Gasteiger charge is -2.07. The Bertz CT molecular complexity index is 590. The molecule has 0 unspecified atom stereocenters. The minimum absolute atomic E-state index is 0.0503. The molecule has 20 heavy (non-hydrogen) atoms. The van der Waals surface area contributed by atoms with Gasteiger partial charge < -0.3 is 4.74 Å². The quantitative estimate of drug-likeness (QED) is 0.761. The van der Waals surface area contributed by atoms with Crippen molar-refractivity contribution < 1.29 is 9.53 Å². The number of carbonyl (C=O) groups is 1. The summed E-state index contributed by atoms with van der Waals surface area (Å²) in [5.41, 5.74) is 2.79. The number of halogens is 1. The SMILES string of the molecule is COCCn1ncc(Br)c1C(=O)Cc1ccc(C)cc1. The van der Waals surface area contributed by atoms with Crippen LogP contribution >= 0.6 is 15.9 Å². The maximum atomic E-state index is 12.4. The zero-order valence-electron chi connectivity index (χ0n) is 11.6. The van der Waals surface area contributed by atoms with Gasteiger partial charge in [0.05, 0.1) is 23.8 Å². The molecule has 4 nitrogen and oxygen atoms in total. The van der Waals surface area contributed by atoms with E-state index in [2.05, 4.69) is 21.0 Å². The van der Waals surface area contributed by atoms with Gasteiger partial charge in [-0.05, 0) is 28.4 Å². The number of hydrogen-bond donors (Lipinski definition) is 0. The first-order valence-electron chi connectivity index (χ1n) is 6.41. The van der Waals surface area contributed by atoms with Crippen LogP contribution in [0.2, 0.25) is 0 Å². The number of rotatable bonds is 6. The van der Waals surface area contributed by atoms with Crippen LogP contribution < -0.4 is 0 Å². The summed E-state index contributed by atoms with van der Waals surface area (Å²) < 4.78 is 7.45. The molecule has 0 aliphatic carbocycles. The summed E-state index contributed by atoms with van der Waals surface area (Å²) in [6.45, 7) is 3.12. The fourth-order valence-electron chi connectivity index (χ4n) is 1.96. The molecule has 0 aliphatic rings. The predicted octanol–water partition coefficient (Wildman–Crippen LogP) is 3.03. The van der Waals surface area contributed by atoms with Gasteiger partial charge in [-0.15, -0.1) is 0 Å². The number of hydrogen-bond acceptors (Lipinski definition) is 3. The fraction of sp³-hybridized carbons (Fsp3) is 0.333. The number of Topliss-reactive ketones (excluding diaryl/α,β-unsaturated/α-hetero) is 1. The number of aryl methyl sites for hydroxylation is 1. The standard InChI is InChI=1S/C15H17BrN2O2/c1-11-3-5-12(6-4-11)9-14(19)15-13(16)10-17-18(15)7-8-20-2/h3-6,10H,7-9H2,1-2H3. The van der Waals surface area contributed by atoms with Crippen molar-refractivity contribution in [2.45, 2.75) is 19.9 Å². The molecular weight excluding hydrogens is 320 g/mol. The second-order valence-electron chi connectivity index (χ2n) is 4.64. The van der Waals surface area contributed by atoms with Crippen LogP contribution in [0.15, 0.2) is 34.9 Å². The summed E-state index contributed by atoms with van der Waals surface area (Å²) in [5.74, 6) is 0.0503. The van der Waals surface area contributed by atoms with Gasteiger partial charge in [0.2, 0.25) is 0 Å². The number of nitrogens with zero attached hydrogens (tertiary/aromatic N) is 2. The van der Waals surface area contributed by atoms with E-state index in [0.29, 0.717) is 25.3 Å². The van der Waals surface area contributed by atoms with Crippen molar-refractivity contribution in [3.8, 4) is 0 Å². The third-order valence-corrected chi connectivity index (χ3v) is 3.63. The average molecular weight is 337 g/mol. The summed E-state index contributed by atoms with van der Waals surface area (Å²) in [6.07, 6.45) is 2.02. The maximum Gasteiger partial charge on any atom is 0.186 e. The highest BCUT2D eigenvalue weighted by atomic mass is 79.9. The van der Waals surface area contributed by atoms with Crippen molar-refractivity contribution in [1.29, 1.82) is 0 Å². The lowest BCUT2D eigenvalue weighted by atomic mass is 10.1. The molecule has 2 aromatic rings. The molecule has 0 N–H and O–H groups in total. The third kappa shape index (κ3) is 3.55. The minimum atomic E-state index is 0.0503. The van der Waals surface area contributed by atoms with Crippen LogP contribution in [0.25, 0.3) is 0 Å². The third-order valence-electron chi connectivity index (χ3n) is 3.05. The smallest absolute Gasteiger partial charge is 0.186 e. The molecule has 1 aromatic carbocycles. The Hall–Kier alpha value is -1.46. The first-order valence-corrected chi connectivity index (χ1v) is 7.20. The van der Waals surface area contributed by atoms with E-state index in [0.717, 1.165) is 10.0 Å². The Balaban J connectivity index is 2.16. The molecule has 0 spiro atoms. The molecule has 0 saturated carbocycles. The van der Waals surface area contributed by atoms with Crippen molar-refractivity contribution in [3.05, 3.63) is 51.8 Å². The van der Waals surface area contributed by atoms with Crippen molar-refractivity contribution >= 4 is 21.7 Å². The number of ketones is 1. The second-order valence-corrected chi connectivity index (χ2v) is 5.50. The van der Waals surface area contributed by atoms with Crippen LogP contribution in [0, 0.1) is 6.92 Å². The molecule has 106 valence electrons. The van der Waals surface area contributed by atoms with Crippen molar-refractivity contribution in [2.75, 3.05) is 13.7 Å². The van der Waals surface area contributed by atoms with Gasteiger partial charge in [-0.2, -0.15) is 5.10 Å². The topological polar surface area (TPSA) is 44.1 Å². The number of ether oxygens (including phenoxy) is 1. The largest absolute Gasteiger partial charge is 0.383 e. The lowest BCUT2D eigenvalue weighted by Crippen LogP contribution is -2.15. The monoisotopic (exact) mass is 336 g/mol. The van der Waals surface area contributed by atoms with Crippen LogP contribution in [0.5, 0.6) is 0 Å². The molecule has 0 atom stereocenters. The highest BCUT2D eigenvalue weighted by Gasteiger charge is 2.17. The summed E-state index contributed by atoms with van der Waals surface area (Å²) in [6, 6.07) is 7.99. The summed E-state index contributed by atoms with van der Waals surface area (Å²) in [7, 11) is 1.63. The summed E-state index contributed by atoms with van der Waals surface area (Å²) in [5, 5.41) is 4.20. The number of aromatic nitrogens is 2. The van der Waals surface area contributed by atoms with Crippen molar-refractivity contribution in [1.82, 2.24) is 9.78 Å². The molecule has 0 bridgehead atoms. The van der Waals surface area contributed by atoms with Crippen LogP contribution in [0.1, 0.15) is 21.6 Å². The Morgan fingerprint density at radius 2 is 2.05 bits per heavy atom. The molecular formula is C15H17BrN2O2. The molecule has 1 heterocycles. The lowest BCUT2D eigenvalue weighted by molar-refractivity contribution is 0.0978. The molecule has 0 aliphatic heterocycles. The predicted molar refractivity (Wildman–Crippen MR) is 81.0 cm³/mol. The average Bonchev–Trinajstić information content (AvgIpc) is 2.80. The Kier molecular flexibility index (Phi) is 5.09. The second kappa shape index (κ2) is 6.81. The zero-order valence-corrected chi connectivity index (χ0v) is 13.2. The summed E-state index contributed by atoms with van der Waals surface area (Å²) in [4.78, 5) is 12.4. The first kappa shape index (κ1) is 14.9. The number of methoxy groups -OCH3 is 1. The zero-order chi connectivity index (χ0) is 14.5. The van der Waals surface area contributed by atoms with Gasteiger partial charge in [-0.1, -0.05) is 29.8 Å². The van der Waals surface area contributed by atoms with Gasteiger partial charge >= 0.3 is 0 Å². The highest BCUT2D eigenvalue weighted by molar-refractivity contribution is 9.10. The van der Waals surface area contributed by atoms with E-state index < -0.39 is 0 Å². The highest BCUT2D eigenvalue weighted by Crippen LogP contribution is 2.18. The molecule has 1 aromatic heterocycles. The van der Waals surface area contributed by atoms with Gasteiger partial charge in [-0.25, -0.2) is 0 Å². The van der Waals surface area contributed by atoms with E-state index >= 15 is 0 Å². The van der Waals surface area contributed by atoms with Crippen molar-refractivity contribution in [2.24, 2.45) is 0 Å². The Labute approximate surface area is 126 Å². The first-order chi connectivity index (χ1) is 9.61. The number of carbonyl (C=O) groups excluding carboxylic acids is 1. The molecule has 5 heteroatoms. The van der Waals surface area contributed by atoms with Gasteiger partial charge in [0.15, 0.2) is 5.78 Å². The van der Waals surface area contributed by atoms with Crippen LogP contribution in [-0.2, 0) is 17.7 Å². The molecule has 2 rings (SSSR count). The van der Waals surface area contributed by atoms with Crippen molar-refractivity contribution in [3.63, 3.8) is 0 Å². The minimum Gasteiger partial charge on any atom is -0.383 e. The van der Waals surface area contributed by atoms with Crippen LogP contribution in [0.4, 0.5) is 0 Å². The Morgan fingerprint density at radius 3 is 2.70 bits per heavy atom. The van der Waals surface area contributed by atoms with Crippen LogP contribution in [0.3, 0.4) is 0 Å². The normalized spacial score (nSPS) is 10.8. The van der Waals surface area contributed by atoms with Gasteiger partial charge in [-0.3, -0.25) is 9.48 Å². The molecule has 0 radical (unpaired) electrons. The van der Waals surface area contributed by atoms with E-state index in [9.17, 15) is 4.79 Å². The van der Waals surface area contributed by atoms with E-state index in [-0.39, 0.29) is 5.78 Å². The maximum absolute atomic E-state index is 12.4. The molecule has 0 saturated heterocycles. The van der Waals surface area contributed by atoms with Gasteiger partial charge in [0, 0.05) is 13.5 Å². The van der Waals surface area contributed by atoms with E-state index in [4.69, 9.17) is 4.74 Å². The molecule has 0 amide bonds. The van der Waals surface area contributed by atoms with E-state index in [1.165, 1.54) is 5.56 Å². The van der Waals surface area contributed by atoms with Gasteiger partial charge in [0.1, 0.15) is 5.69 Å². The van der Waals surface area contributed by atoms with Gasteiger partial charge in [0.25, 0.3) is 0 Å².